The molecule has 0 aliphatic carbocycles. The van der Waals surface area contributed by atoms with Crippen molar-refractivity contribution in [2.45, 2.75) is 26.7 Å². The molecule has 3 rings (SSSR count). The van der Waals surface area contributed by atoms with Crippen molar-refractivity contribution in [1.29, 1.82) is 0 Å². The number of nitrogens with zero attached hydrogens (tertiary/aromatic N) is 1. The number of carbonyl (C=O) groups excluding carboxylic acids is 2. The summed E-state index contributed by atoms with van der Waals surface area (Å²) < 4.78 is 11.4. The van der Waals surface area contributed by atoms with Crippen LogP contribution in [-0.2, 0) is 16.0 Å². The van der Waals surface area contributed by atoms with Crippen LogP contribution in [0.4, 0.5) is 10.8 Å². The zero-order valence-electron chi connectivity index (χ0n) is 17.7. The molecule has 1 heterocycles. The van der Waals surface area contributed by atoms with Crippen LogP contribution >= 0.6 is 22.9 Å². The van der Waals surface area contributed by atoms with Gasteiger partial charge in [-0.15, -0.1) is 0 Å². The topological polar surface area (TPSA) is 89.6 Å². The number of anilines is 2. The molecule has 0 fully saturated rings. The molecule has 0 aliphatic heterocycles. The van der Waals surface area contributed by atoms with Crippen molar-refractivity contribution >= 4 is 55.8 Å². The van der Waals surface area contributed by atoms with Crippen molar-refractivity contribution in [3.8, 4) is 11.5 Å². The van der Waals surface area contributed by atoms with E-state index in [4.69, 9.17) is 21.1 Å². The minimum atomic E-state index is -0.158. The Morgan fingerprint density at radius 1 is 1.10 bits per heavy atom. The molecule has 1 aromatic heterocycles. The van der Waals surface area contributed by atoms with Crippen LogP contribution in [0.2, 0.25) is 5.02 Å². The van der Waals surface area contributed by atoms with Crippen molar-refractivity contribution in [1.82, 2.24) is 4.98 Å². The highest BCUT2D eigenvalue weighted by atomic mass is 35.5. The molecular weight excluding hydrogens is 438 g/mol. The molecule has 0 saturated heterocycles. The van der Waals surface area contributed by atoms with Crippen LogP contribution in [0.3, 0.4) is 0 Å². The van der Waals surface area contributed by atoms with Gasteiger partial charge in [0.1, 0.15) is 11.5 Å². The smallest absolute Gasteiger partial charge is 0.228 e. The van der Waals surface area contributed by atoms with E-state index in [1.807, 2.05) is 32.0 Å². The van der Waals surface area contributed by atoms with Gasteiger partial charge in [0.2, 0.25) is 11.8 Å². The van der Waals surface area contributed by atoms with Gasteiger partial charge in [0, 0.05) is 18.4 Å². The van der Waals surface area contributed by atoms with Gasteiger partial charge in [-0.25, -0.2) is 4.98 Å². The summed E-state index contributed by atoms with van der Waals surface area (Å²) in [7, 11) is 3.03. The lowest BCUT2D eigenvalue weighted by molar-refractivity contribution is -0.119. The average molecular weight is 462 g/mol. The lowest BCUT2D eigenvalue weighted by Gasteiger charge is -2.13. The Balaban J connectivity index is 1.65. The van der Waals surface area contributed by atoms with Crippen LogP contribution in [0.15, 0.2) is 30.3 Å². The number of rotatable bonds is 8. The van der Waals surface area contributed by atoms with Crippen molar-refractivity contribution < 1.29 is 19.1 Å². The third-order valence-corrected chi connectivity index (χ3v) is 5.83. The Morgan fingerprint density at radius 3 is 2.52 bits per heavy atom. The maximum atomic E-state index is 12.5. The lowest BCUT2D eigenvalue weighted by Crippen LogP contribution is -2.17. The van der Waals surface area contributed by atoms with Crippen LogP contribution in [0.25, 0.3) is 10.2 Å². The van der Waals surface area contributed by atoms with Crippen LogP contribution in [0.1, 0.15) is 25.8 Å². The van der Waals surface area contributed by atoms with Gasteiger partial charge >= 0.3 is 0 Å². The van der Waals surface area contributed by atoms with Crippen LogP contribution in [0, 0.1) is 5.92 Å². The van der Waals surface area contributed by atoms with E-state index in [0.717, 1.165) is 15.8 Å². The molecule has 0 bridgehead atoms. The first-order valence-electron chi connectivity index (χ1n) is 9.72. The Morgan fingerprint density at radius 2 is 1.84 bits per heavy atom. The second kappa shape index (κ2) is 9.98. The first-order valence-corrected chi connectivity index (χ1v) is 10.9. The van der Waals surface area contributed by atoms with E-state index < -0.39 is 0 Å². The summed E-state index contributed by atoms with van der Waals surface area (Å²) in [4.78, 5) is 28.8. The monoisotopic (exact) mass is 461 g/mol. The quantitative estimate of drug-likeness (QED) is 0.485. The molecule has 2 aromatic carbocycles. The van der Waals surface area contributed by atoms with Crippen molar-refractivity contribution in [3.63, 3.8) is 0 Å². The maximum absolute atomic E-state index is 12.5. The number of aromatic nitrogens is 1. The first-order chi connectivity index (χ1) is 14.8. The fraction of sp³-hybridized carbons (Fsp3) is 0.318. The number of amides is 2. The fourth-order valence-electron chi connectivity index (χ4n) is 2.86. The van der Waals surface area contributed by atoms with Crippen LogP contribution in [0.5, 0.6) is 11.5 Å². The number of nitrogens with one attached hydrogen (secondary N) is 2. The molecule has 0 spiro atoms. The Kier molecular flexibility index (Phi) is 7.35. The minimum absolute atomic E-state index is 0.0648. The molecule has 0 aliphatic rings. The molecule has 0 atom stereocenters. The normalized spacial score (nSPS) is 10.9. The third-order valence-electron chi connectivity index (χ3n) is 4.60. The van der Waals surface area contributed by atoms with E-state index in [1.54, 1.807) is 12.1 Å². The molecule has 3 aromatic rings. The molecule has 9 heteroatoms. The predicted octanol–water partition coefficient (Wildman–Crippen LogP) is 5.13. The number of benzene rings is 2. The van der Waals surface area contributed by atoms with Gasteiger partial charge in [-0.2, -0.15) is 0 Å². The summed E-state index contributed by atoms with van der Waals surface area (Å²) in [5, 5.41) is 6.62. The summed E-state index contributed by atoms with van der Waals surface area (Å²) in [5.74, 6) is 0.606. The number of aryl methyl sites for hydroxylation is 1. The number of carbonyl (C=O) groups is 2. The second-order valence-corrected chi connectivity index (χ2v) is 8.64. The minimum Gasteiger partial charge on any atom is -0.495 e. The van der Waals surface area contributed by atoms with E-state index in [-0.39, 0.29) is 24.2 Å². The number of hydrogen-bond acceptors (Lipinski definition) is 6. The lowest BCUT2D eigenvalue weighted by atomic mass is 10.1. The Bertz CT molecular complexity index is 1110. The average Bonchev–Trinajstić information content (AvgIpc) is 3.13. The summed E-state index contributed by atoms with van der Waals surface area (Å²) in [5.41, 5.74) is 2.31. The molecule has 0 saturated carbocycles. The molecule has 0 radical (unpaired) electrons. The summed E-state index contributed by atoms with van der Waals surface area (Å²) in [6.07, 6.45) is 0.841. The van der Waals surface area contributed by atoms with Gasteiger partial charge in [-0.3, -0.25) is 9.59 Å². The zero-order chi connectivity index (χ0) is 22.5. The van der Waals surface area contributed by atoms with Gasteiger partial charge in [-0.1, -0.05) is 42.9 Å². The molecule has 31 heavy (non-hydrogen) atoms. The summed E-state index contributed by atoms with van der Waals surface area (Å²) >= 11 is 7.58. The first kappa shape index (κ1) is 22.8. The van der Waals surface area contributed by atoms with Crippen molar-refractivity contribution in [2.75, 3.05) is 24.9 Å². The highest BCUT2D eigenvalue weighted by Gasteiger charge is 2.14. The molecule has 164 valence electrons. The number of hydrogen-bond donors (Lipinski definition) is 2. The Hall–Kier alpha value is -2.84. The second-order valence-electron chi connectivity index (χ2n) is 7.20. The summed E-state index contributed by atoms with van der Waals surface area (Å²) in [6.45, 7) is 3.67. The molecular formula is C22H24ClN3O4S. The van der Waals surface area contributed by atoms with Gasteiger partial charge in [0.05, 0.1) is 35.1 Å². The number of thiazole rings is 1. The summed E-state index contributed by atoms with van der Waals surface area (Å²) in [6, 6.07) is 9.07. The Labute approximate surface area is 189 Å². The highest BCUT2D eigenvalue weighted by Crippen LogP contribution is 2.36. The van der Waals surface area contributed by atoms with Gasteiger partial charge in [-0.05, 0) is 30.2 Å². The third kappa shape index (κ3) is 5.65. The number of methoxy groups -OCH3 is 2. The van der Waals surface area contributed by atoms with Gasteiger partial charge < -0.3 is 20.1 Å². The predicted molar refractivity (Wildman–Crippen MR) is 125 cm³/mol. The van der Waals surface area contributed by atoms with Crippen molar-refractivity contribution in [2.24, 2.45) is 5.92 Å². The molecule has 2 amide bonds. The van der Waals surface area contributed by atoms with Gasteiger partial charge in [0.15, 0.2) is 5.13 Å². The van der Waals surface area contributed by atoms with E-state index in [2.05, 4.69) is 15.6 Å². The SMILES string of the molecule is COc1cc(OC)c(NC(=O)CCc2ccc3nc(NC(=O)C(C)C)sc3c2)cc1Cl. The number of fused-ring (bicyclic) bond motifs is 1. The number of halogens is 1. The van der Waals surface area contributed by atoms with E-state index >= 15 is 0 Å². The highest BCUT2D eigenvalue weighted by molar-refractivity contribution is 7.22. The fourth-order valence-corrected chi connectivity index (χ4v) is 4.03. The largest absolute Gasteiger partial charge is 0.495 e. The molecule has 0 unspecified atom stereocenters. The molecule has 7 nitrogen and oxygen atoms in total. The van der Waals surface area contributed by atoms with Crippen LogP contribution in [-0.4, -0.2) is 31.0 Å². The number of ether oxygens (including phenoxy) is 2. The van der Waals surface area contributed by atoms with E-state index in [1.165, 1.54) is 25.6 Å². The van der Waals surface area contributed by atoms with E-state index in [9.17, 15) is 9.59 Å². The standard InChI is InChI=1S/C22H24ClN3O4S/c1-12(2)21(28)26-22-25-15-7-5-13(9-19(15)31-22)6-8-20(27)24-16-10-14(23)17(29-3)11-18(16)30-4/h5,7,9-12H,6,8H2,1-4H3,(H,24,27)(H,25,26,28). The zero-order valence-corrected chi connectivity index (χ0v) is 19.3. The van der Waals surface area contributed by atoms with E-state index in [0.29, 0.717) is 33.8 Å². The maximum Gasteiger partial charge on any atom is 0.228 e. The molecule has 2 N–H and O–H groups in total. The van der Waals surface area contributed by atoms with Crippen LogP contribution < -0.4 is 20.1 Å². The van der Waals surface area contributed by atoms with Gasteiger partial charge in [0.25, 0.3) is 0 Å². The van der Waals surface area contributed by atoms with Crippen molar-refractivity contribution in [3.05, 3.63) is 40.9 Å².